The number of hydrogen-bond acceptors (Lipinski definition) is 1. The Balaban J connectivity index is 1.72. The molecule has 2 atom stereocenters. The van der Waals surface area contributed by atoms with Crippen molar-refractivity contribution >= 4 is 0 Å². The van der Waals surface area contributed by atoms with Gasteiger partial charge in [0.1, 0.15) is 0 Å². The lowest BCUT2D eigenvalue weighted by atomic mass is 9.75. The van der Waals surface area contributed by atoms with E-state index in [1.807, 2.05) is 0 Å². The lowest BCUT2D eigenvalue weighted by Gasteiger charge is -2.35. The molecule has 2 unspecified atom stereocenters. The Morgan fingerprint density at radius 3 is 2.47 bits per heavy atom. The zero-order valence-corrected chi connectivity index (χ0v) is 10.5. The molecule has 0 amide bonds. The van der Waals surface area contributed by atoms with Gasteiger partial charge in [-0.2, -0.15) is 0 Å². The summed E-state index contributed by atoms with van der Waals surface area (Å²) >= 11 is 0. The first-order valence-electron chi connectivity index (χ1n) is 6.91. The van der Waals surface area contributed by atoms with E-state index in [9.17, 15) is 0 Å². The molecule has 1 N–H and O–H groups in total. The van der Waals surface area contributed by atoms with Gasteiger partial charge in [-0.3, -0.25) is 0 Å². The van der Waals surface area contributed by atoms with E-state index >= 15 is 0 Å². The maximum atomic E-state index is 3.82. The van der Waals surface area contributed by atoms with Crippen molar-refractivity contribution in [3.8, 4) is 0 Å². The smallest absolute Gasteiger partial charge is 0.00699 e. The fourth-order valence-corrected chi connectivity index (χ4v) is 3.37. The summed E-state index contributed by atoms with van der Waals surface area (Å²) in [5, 5.41) is 3.82. The molecule has 0 aliphatic heterocycles. The van der Waals surface area contributed by atoms with E-state index in [0.717, 1.165) is 12.0 Å². The fourth-order valence-electron chi connectivity index (χ4n) is 3.37. The van der Waals surface area contributed by atoms with Crippen LogP contribution >= 0.6 is 0 Å². The van der Waals surface area contributed by atoms with Gasteiger partial charge >= 0.3 is 0 Å². The molecule has 15 heavy (non-hydrogen) atoms. The molecule has 88 valence electrons. The maximum absolute atomic E-state index is 3.82. The van der Waals surface area contributed by atoms with Crippen LogP contribution in [-0.2, 0) is 0 Å². The van der Waals surface area contributed by atoms with Gasteiger partial charge in [-0.05, 0) is 43.4 Å². The minimum absolute atomic E-state index is 0.615. The summed E-state index contributed by atoms with van der Waals surface area (Å²) in [4.78, 5) is 0. The van der Waals surface area contributed by atoms with Crippen LogP contribution in [0.1, 0.15) is 65.2 Å². The highest BCUT2D eigenvalue weighted by atomic mass is 14.9. The predicted molar refractivity (Wildman–Crippen MR) is 66.0 cm³/mol. The van der Waals surface area contributed by atoms with Crippen LogP contribution in [0, 0.1) is 11.3 Å². The fraction of sp³-hybridized carbons (Fsp3) is 1.00. The van der Waals surface area contributed by atoms with E-state index in [2.05, 4.69) is 19.2 Å². The second-order valence-electron chi connectivity index (χ2n) is 6.37. The average molecular weight is 209 g/mol. The molecule has 2 aliphatic rings. The first-order chi connectivity index (χ1) is 7.18. The minimum Gasteiger partial charge on any atom is -0.313 e. The van der Waals surface area contributed by atoms with Crippen molar-refractivity contribution in [3.63, 3.8) is 0 Å². The van der Waals surface area contributed by atoms with Gasteiger partial charge in [0.25, 0.3) is 0 Å². The highest BCUT2D eigenvalue weighted by Gasteiger charge is 2.28. The zero-order chi connectivity index (χ0) is 10.7. The Morgan fingerprint density at radius 2 is 1.87 bits per heavy atom. The summed E-state index contributed by atoms with van der Waals surface area (Å²) in [7, 11) is 0. The molecule has 1 nitrogen and oxygen atoms in total. The van der Waals surface area contributed by atoms with Gasteiger partial charge in [0.2, 0.25) is 0 Å². The summed E-state index contributed by atoms with van der Waals surface area (Å²) < 4.78 is 0. The molecule has 0 saturated heterocycles. The van der Waals surface area contributed by atoms with Crippen LogP contribution in [0.15, 0.2) is 0 Å². The first kappa shape index (κ1) is 11.4. The van der Waals surface area contributed by atoms with Crippen molar-refractivity contribution in [2.24, 2.45) is 11.3 Å². The molecule has 0 spiro atoms. The van der Waals surface area contributed by atoms with Gasteiger partial charge in [0.15, 0.2) is 0 Å². The Hall–Kier alpha value is -0.0400. The number of nitrogens with one attached hydrogen (secondary N) is 1. The molecule has 0 bridgehead atoms. The molecule has 0 aromatic heterocycles. The largest absolute Gasteiger partial charge is 0.313 e. The standard InChI is InChI=1S/C14H27N/c1-12-6-7-13(10-12)15-11-14(2)8-4-3-5-9-14/h12-13,15H,3-11H2,1-2H3. The Labute approximate surface area is 95.0 Å². The van der Waals surface area contributed by atoms with E-state index in [1.54, 1.807) is 0 Å². The van der Waals surface area contributed by atoms with Gasteiger partial charge < -0.3 is 5.32 Å². The van der Waals surface area contributed by atoms with E-state index in [4.69, 9.17) is 0 Å². The molecule has 0 aromatic rings. The van der Waals surface area contributed by atoms with Crippen LogP contribution in [-0.4, -0.2) is 12.6 Å². The van der Waals surface area contributed by atoms with Gasteiger partial charge in [0, 0.05) is 12.6 Å². The quantitative estimate of drug-likeness (QED) is 0.746. The maximum Gasteiger partial charge on any atom is 0.00699 e. The van der Waals surface area contributed by atoms with Crippen LogP contribution in [0.4, 0.5) is 0 Å². The van der Waals surface area contributed by atoms with Gasteiger partial charge in [-0.1, -0.05) is 33.1 Å². The van der Waals surface area contributed by atoms with E-state index in [-0.39, 0.29) is 0 Å². The van der Waals surface area contributed by atoms with Crippen molar-refractivity contribution in [1.29, 1.82) is 0 Å². The van der Waals surface area contributed by atoms with Crippen molar-refractivity contribution in [3.05, 3.63) is 0 Å². The van der Waals surface area contributed by atoms with Crippen molar-refractivity contribution in [2.75, 3.05) is 6.54 Å². The van der Waals surface area contributed by atoms with Crippen LogP contribution in [0.25, 0.3) is 0 Å². The summed E-state index contributed by atoms with van der Waals surface area (Å²) in [6.07, 6.45) is 11.5. The number of hydrogen-bond donors (Lipinski definition) is 1. The monoisotopic (exact) mass is 209 g/mol. The first-order valence-corrected chi connectivity index (χ1v) is 6.91. The third kappa shape index (κ3) is 3.21. The lowest BCUT2D eigenvalue weighted by Crippen LogP contribution is -2.38. The molecule has 2 rings (SSSR count). The van der Waals surface area contributed by atoms with Crippen molar-refractivity contribution in [2.45, 2.75) is 71.3 Å². The second-order valence-corrected chi connectivity index (χ2v) is 6.37. The van der Waals surface area contributed by atoms with Gasteiger partial charge in [-0.15, -0.1) is 0 Å². The molecule has 2 fully saturated rings. The normalized spacial score (nSPS) is 35.6. The second kappa shape index (κ2) is 4.86. The third-order valence-corrected chi connectivity index (χ3v) is 4.57. The average Bonchev–Trinajstić information content (AvgIpc) is 2.63. The predicted octanol–water partition coefficient (Wildman–Crippen LogP) is 3.74. The minimum atomic E-state index is 0.615. The zero-order valence-electron chi connectivity index (χ0n) is 10.5. The Bertz CT molecular complexity index is 194. The van der Waals surface area contributed by atoms with Crippen molar-refractivity contribution < 1.29 is 0 Å². The molecule has 2 saturated carbocycles. The summed E-state index contributed by atoms with van der Waals surface area (Å²) in [6, 6.07) is 0.832. The SMILES string of the molecule is CC1CCC(NCC2(C)CCCCC2)C1. The van der Waals surface area contributed by atoms with Gasteiger partial charge in [0.05, 0.1) is 0 Å². The van der Waals surface area contributed by atoms with E-state index < -0.39 is 0 Å². The third-order valence-electron chi connectivity index (χ3n) is 4.57. The van der Waals surface area contributed by atoms with Crippen LogP contribution < -0.4 is 5.32 Å². The highest BCUT2D eigenvalue weighted by molar-refractivity contribution is 4.85. The Morgan fingerprint density at radius 1 is 1.13 bits per heavy atom. The van der Waals surface area contributed by atoms with E-state index in [0.29, 0.717) is 5.41 Å². The van der Waals surface area contributed by atoms with Crippen LogP contribution in [0.2, 0.25) is 0 Å². The lowest BCUT2D eigenvalue weighted by molar-refractivity contribution is 0.200. The molecule has 0 radical (unpaired) electrons. The van der Waals surface area contributed by atoms with Crippen LogP contribution in [0.3, 0.4) is 0 Å². The summed E-state index contributed by atoms with van der Waals surface area (Å²) in [5.74, 6) is 0.960. The molecule has 0 heterocycles. The molecule has 0 aromatic carbocycles. The summed E-state index contributed by atoms with van der Waals surface area (Å²) in [6.45, 7) is 6.14. The summed E-state index contributed by atoms with van der Waals surface area (Å²) in [5.41, 5.74) is 0.615. The number of rotatable bonds is 3. The highest BCUT2D eigenvalue weighted by Crippen LogP contribution is 2.35. The molecular formula is C14H27N. The topological polar surface area (TPSA) is 12.0 Å². The van der Waals surface area contributed by atoms with Crippen LogP contribution in [0.5, 0.6) is 0 Å². The van der Waals surface area contributed by atoms with Gasteiger partial charge in [-0.25, -0.2) is 0 Å². The van der Waals surface area contributed by atoms with Crippen molar-refractivity contribution in [1.82, 2.24) is 5.32 Å². The molecule has 2 aliphatic carbocycles. The molecular weight excluding hydrogens is 182 g/mol. The Kier molecular flexibility index (Phi) is 3.71. The molecule has 1 heteroatoms. The van der Waals surface area contributed by atoms with E-state index in [1.165, 1.54) is 57.9 Å².